The van der Waals surface area contributed by atoms with Crippen molar-refractivity contribution in [2.75, 3.05) is 0 Å². The van der Waals surface area contributed by atoms with E-state index in [1.165, 1.54) is 28.1 Å². The van der Waals surface area contributed by atoms with Gasteiger partial charge in [-0.25, -0.2) is 4.98 Å². The van der Waals surface area contributed by atoms with Gasteiger partial charge in [0.05, 0.1) is 11.0 Å². The van der Waals surface area contributed by atoms with Gasteiger partial charge in [-0.3, -0.25) is 4.40 Å². The number of pyridine rings is 1. The maximum atomic E-state index is 4.82. The molecule has 28 heavy (non-hydrogen) atoms. The van der Waals surface area contributed by atoms with Crippen LogP contribution in [-0.2, 0) is 14.1 Å². The second-order valence-corrected chi connectivity index (χ2v) is 7.52. The molecule has 0 bridgehead atoms. The van der Waals surface area contributed by atoms with Crippen LogP contribution in [-0.4, -0.2) is 14.0 Å². The van der Waals surface area contributed by atoms with E-state index in [1.54, 1.807) is 0 Å². The Morgan fingerprint density at radius 3 is 2.43 bits per heavy atom. The first kappa shape index (κ1) is 16.8. The average Bonchev–Trinajstić information content (AvgIpc) is 3.21. The Bertz CT molecular complexity index is 1350. The van der Waals surface area contributed by atoms with Crippen LogP contribution in [0.1, 0.15) is 11.1 Å². The van der Waals surface area contributed by atoms with E-state index in [9.17, 15) is 0 Å². The Morgan fingerprint density at radius 2 is 1.61 bits per heavy atom. The number of hydrogen-bond acceptors (Lipinski definition) is 1. The quantitative estimate of drug-likeness (QED) is 0.419. The Labute approximate surface area is 164 Å². The van der Waals surface area contributed by atoms with Crippen LogP contribution in [0.5, 0.6) is 0 Å². The zero-order valence-corrected chi connectivity index (χ0v) is 16.6. The van der Waals surface area contributed by atoms with Crippen molar-refractivity contribution in [1.29, 1.82) is 0 Å². The van der Waals surface area contributed by atoms with Crippen LogP contribution < -0.4 is 4.57 Å². The summed E-state index contributed by atoms with van der Waals surface area (Å²) in [6.07, 6.45) is 2.20. The summed E-state index contributed by atoms with van der Waals surface area (Å²) in [6.45, 7) is 4.33. The molecule has 0 saturated carbocycles. The lowest BCUT2D eigenvalue weighted by molar-refractivity contribution is -0.649. The second kappa shape index (κ2) is 6.06. The van der Waals surface area contributed by atoms with Crippen molar-refractivity contribution >= 4 is 16.8 Å². The number of benzene rings is 2. The molecule has 0 atom stereocenters. The highest BCUT2D eigenvalue weighted by atomic mass is 15.2. The Balaban J connectivity index is 1.78. The molecule has 0 radical (unpaired) electrons. The number of aromatic nitrogens is 4. The summed E-state index contributed by atoms with van der Waals surface area (Å²) in [5, 5.41) is 0. The maximum absolute atomic E-state index is 4.82. The fraction of sp³-hybridized carbons (Fsp3) is 0.167. The standard InChI is InChI=1S/C24H23N4/c1-16-13-21(18-10-6-5-9-17(18)2)26(3)22(14-16)23-15-28-20-12-8-7-11-19(20)25-24(28)27(23)4/h5-15H,1-4H3/q+1. The largest absolute Gasteiger partial charge is 0.308 e. The first-order valence-corrected chi connectivity index (χ1v) is 9.54. The van der Waals surface area contributed by atoms with Crippen molar-refractivity contribution in [3.63, 3.8) is 0 Å². The summed E-state index contributed by atoms with van der Waals surface area (Å²) < 4.78 is 6.64. The molecule has 0 saturated heterocycles. The number of rotatable bonds is 2. The number of para-hydroxylation sites is 2. The monoisotopic (exact) mass is 367 g/mol. The molecule has 0 amide bonds. The Hall–Kier alpha value is -3.40. The lowest BCUT2D eigenvalue weighted by Gasteiger charge is -2.09. The molecule has 0 aliphatic carbocycles. The van der Waals surface area contributed by atoms with Gasteiger partial charge in [0.1, 0.15) is 12.7 Å². The van der Waals surface area contributed by atoms with Crippen molar-refractivity contribution in [2.45, 2.75) is 13.8 Å². The molecule has 0 spiro atoms. The minimum atomic E-state index is 0.954. The van der Waals surface area contributed by atoms with E-state index in [4.69, 9.17) is 4.98 Å². The summed E-state index contributed by atoms with van der Waals surface area (Å²) in [4.78, 5) is 4.82. The molecule has 5 aromatic rings. The summed E-state index contributed by atoms with van der Waals surface area (Å²) in [5.74, 6) is 0.954. The molecule has 5 rings (SSSR count). The molecule has 3 aromatic heterocycles. The normalized spacial score (nSPS) is 11.6. The molecule has 4 nitrogen and oxygen atoms in total. The number of imidazole rings is 2. The maximum Gasteiger partial charge on any atom is 0.231 e. The van der Waals surface area contributed by atoms with Crippen LogP contribution in [0.4, 0.5) is 0 Å². The van der Waals surface area contributed by atoms with Gasteiger partial charge in [0.15, 0.2) is 0 Å². The molecule has 138 valence electrons. The van der Waals surface area contributed by atoms with Gasteiger partial charge in [0, 0.05) is 30.9 Å². The third kappa shape index (κ3) is 2.38. The zero-order valence-electron chi connectivity index (χ0n) is 16.6. The Morgan fingerprint density at radius 1 is 0.893 bits per heavy atom. The van der Waals surface area contributed by atoms with Gasteiger partial charge in [-0.05, 0) is 43.2 Å². The van der Waals surface area contributed by atoms with E-state index in [-0.39, 0.29) is 0 Å². The van der Waals surface area contributed by atoms with E-state index >= 15 is 0 Å². The molecule has 0 unspecified atom stereocenters. The van der Waals surface area contributed by atoms with Crippen molar-refractivity contribution < 1.29 is 4.57 Å². The van der Waals surface area contributed by atoms with Gasteiger partial charge in [0.2, 0.25) is 17.2 Å². The molecular formula is C24H23N4+. The van der Waals surface area contributed by atoms with Crippen LogP contribution in [0.25, 0.3) is 39.5 Å². The predicted octanol–water partition coefficient (Wildman–Crippen LogP) is 4.60. The zero-order chi connectivity index (χ0) is 19.4. The summed E-state index contributed by atoms with van der Waals surface area (Å²) in [5.41, 5.74) is 9.49. The third-order valence-electron chi connectivity index (χ3n) is 5.62. The third-order valence-corrected chi connectivity index (χ3v) is 5.62. The number of hydrogen-bond donors (Lipinski definition) is 0. The number of nitrogens with zero attached hydrogens (tertiary/aromatic N) is 4. The smallest absolute Gasteiger partial charge is 0.231 e. The molecule has 0 aliphatic heterocycles. The Kier molecular flexibility index (Phi) is 3.63. The first-order chi connectivity index (χ1) is 13.5. The van der Waals surface area contributed by atoms with Crippen molar-refractivity contribution in [2.24, 2.45) is 14.1 Å². The molecule has 0 N–H and O–H groups in total. The number of aryl methyl sites for hydroxylation is 3. The molecule has 0 aliphatic rings. The molecule has 2 aromatic carbocycles. The van der Waals surface area contributed by atoms with E-state index in [0.717, 1.165) is 22.5 Å². The highest BCUT2D eigenvalue weighted by Gasteiger charge is 2.23. The van der Waals surface area contributed by atoms with Gasteiger partial charge in [-0.15, -0.1) is 0 Å². The highest BCUT2D eigenvalue weighted by molar-refractivity contribution is 5.81. The summed E-state index contributed by atoms with van der Waals surface area (Å²) in [6, 6.07) is 21.3. The lowest BCUT2D eigenvalue weighted by atomic mass is 10.0. The van der Waals surface area contributed by atoms with Crippen LogP contribution in [0.15, 0.2) is 66.9 Å². The van der Waals surface area contributed by atoms with Crippen LogP contribution in [0.3, 0.4) is 0 Å². The molecular weight excluding hydrogens is 344 g/mol. The van der Waals surface area contributed by atoms with Crippen molar-refractivity contribution in [3.8, 4) is 22.6 Å². The molecule has 3 heterocycles. The van der Waals surface area contributed by atoms with E-state index in [2.05, 4.69) is 102 Å². The van der Waals surface area contributed by atoms with Gasteiger partial charge < -0.3 is 4.57 Å². The lowest BCUT2D eigenvalue weighted by Crippen LogP contribution is -2.35. The fourth-order valence-electron chi connectivity index (χ4n) is 4.11. The van der Waals surface area contributed by atoms with Crippen molar-refractivity contribution in [3.05, 3.63) is 78.0 Å². The van der Waals surface area contributed by atoms with Gasteiger partial charge in [-0.1, -0.05) is 30.3 Å². The molecule has 4 heteroatoms. The topological polar surface area (TPSA) is 26.1 Å². The van der Waals surface area contributed by atoms with Gasteiger partial charge >= 0.3 is 0 Å². The van der Waals surface area contributed by atoms with Crippen LogP contribution in [0.2, 0.25) is 0 Å². The number of fused-ring (bicyclic) bond motifs is 3. The van der Waals surface area contributed by atoms with E-state index in [1.807, 2.05) is 6.07 Å². The summed E-state index contributed by atoms with van der Waals surface area (Å²) in [7, 11) is 4.23. The molecule has 0 fully saturated rings. The van der Waals surface area contributed by atoms with E-state index in [0.29, 0.717) is 0 Å². The van der Waals surface area contributed by atoms with Crippen molar-refractivity contribution in [1.82, 2.24) is 14.0 Å². The second-order valence-electron chi connectivity index (χ2n) is 7.52. The minimum absolute atomic E-state index is 0.954. The first-order valence-electron chi connectivity index (χ1n) is 9.54. The minimum Gasteiger partial charge on any atom is -0.308 e. The predicted molar refractivity (Wildman–Crippen MR) is 113 cm³/mol. The van der Waals surface area contributed by atoms with E-state index < -0.39 is 0 Å². The average molecular weight is 367 g/mol. The van der Waals surface area contributed by atoms with Crippen LogP contribution in [0, 0.1) is 13.8 Å². The van der Waals surface area contributed by atoms with Crippen LogP contribution >= 0.6 is 0 Å². The van der Waals surface area contributed by atoms with Gasteiger partial charge in [-0.2, -0.15) is 4.57 Å². The fourth-order valence-corrected chi connectivity index (χ4v) is 4.11. The SMILES string of the molecule is Cc1cc(-c2ccccc2C)[n+](C)c(-c2cn3c4ccccc4nc3n2C)c1. The highest BCUT2D eigenvalue weighted by Crippen LogP contribution is 2.27. The summed E-state index contributed by atoms with van der Waals surface area (Å²) >= 11 is 0. The van der Waals surface area contributed by atoms with Gasteiger partial charge in [0.25, 0.3) is 0 Å².